The average molecular weight is 325 g/mol. The van der Waals surface area contributed by atoms with Crippen LogP contribution in [0.2, 0.25) is 0 Å². The van der Waals surface area contributed by atoms with Crippen LogP contribution in [0.1, 0.15) is 0 Å². The van der Waals surface area contributed by atoms with E-state index in [1.807, 2.05) is 0 Å². The first kappa shape index (κ1) is 14.1. The molecule has 0 aliphatic rings. The summed E-state index contributed by atoms with van der Waals surface area (Å²) in [5.74, 6) is 0.286. The van der Waals surface area contributed by atoms with E-state index >= 15 is 0 Å². The van der Waals surface area contributed by atoms with E-state index in [1.165, 1.54) is 36.4 Å². The summed E-state index contributed by atoms with van der Waals surface area (Å²) in [5.41, 5.74) is 0.851. The number of nitro groups is 1. The predicted octanol–water partition coefficient (Wildman–Crippen LogP) is 4.20. The van der Waals surface area contributed by atoms with Crippen LogP contribution in [0.15, 0.2) is 57.4 Å². The molecular formula is C16H8FN3O4. The zero-order chi connectivity index (χ0) is 16.7. The van der Waals surface area contributed by atoms with Crippen LogP contribution in [0.5, 0.6) is 0 Å². The van der Waals surface area contributed by atoms with Crippen LogP contribution < -0.4 is 0 Å². The van der Waals surface area contributed by atoms with Gasteiger partial charge in [-0.3, -0.25) is 10.1 Å². The Balaban J connectivity index is 1.72. The molecule has 0 radical (unpaired) electrons. The average Bonchev–Trinajstić information content (AvgIpc) is 3.21. The Morgan fingerprint density at radius 3 is 2.46 bits per heavy atom. The van der Waals surface area contributed by atoms with E-state index in [0.717, 1.165) is 0 Å². The molecule has 4 rings (SSSR count). The van der Waals surface area contributed by atoms with Crippen LogP contribution in [-0.4, -0.2) is 15.1 Å². The van der Waals surface area contributed by atoms with Crippen molar-refractivity contribution in [3.8, 4) is 23.1 Å². The summed E-state index contributed by atoms with van der Waals surface area (Å²) < 4.78 is 24.0. The Morgan fingerprint density at radius 1 is 0.958 bits per heavy atom. The highest BCUT2D eigenvalue weighted by atomic mass is 19.1. The number of rotatable bonds is 3. The van der Waals surface area contributed by atoms with Gasteiger partial charge in [-0.15, -0.1) is 10.2 Å². The monoisotopic (exact) mass is 325 g/mol. The molecule has 7 nitrogen and oxygen atoms in total. The fourth-order valence-corrected chi connectivity index (χ4v) is 2.27. The highest BCUT2D eigenvalue weighted by Crippen LogP contribution is 2.31. The van der Waals surface area contributed by atoms with E-state index in [0.29, 0.717) is 22.3 Å². The number of hydrogen-bond donors (Lipinski definition) is 0. The van der Waals surface area contributed by atoms with Crippen LogP contribution >= 0.6 is 0 Å². The first-order valence-corrected chi connectivity index (χ1v) is 6.88. The molecule has 0 spiro atoms. The predicted molar refractivity (Wildman–Crippen MR) is 81.6 cm³/mol. The molecule has 8 heteroatoms. The molecule has 2 aromatic heterocycles. The van der Waals surface area contributed by atoms with Gasteiger partial charge in [-0.05, 0) is 36.4 Å². The lowest BCUT2D eigenvalue weighted by Crippen LogP contribution is -1.85. The van der Waals surface area contributed by atoms with E-state index in [4.69, 9.17) is 8.83 Å². The molecule has 0 saturated heterocycles. The molecule has 0 amide bonds. The first-order valence-electron chi connectivity index (χ1n) is 6.88. The minimum Gasteiger partial charge on any atom is -0.451 e. The van der Waals surface area contributed by atoms with Gasteiger partial charge >= 0.3 is 0 Å². The normalized spacial score (nSPS) is 11.0. The van der Waals surface area contributed by atoms with Gasteiger partial charge < -0.3 is 8.83 Å². The maximum Gasteiger partial charge on any atom is 0.283 e. The molecule has 0 bridgehead atoms. The van der Waals surface area contributed by atoms with Gasteiger partial charge in [-0.25, -0.2) is 4.39 Å². The maximum atomic E-state index is 13.0. The van der Waals surface area contributed by atoms with Crippen LogP contribution in [0.3, 0.4) is 0 Å². The molecule has 0 aliphatic heterocycles. The third-order valence-electron chi connectivity index (χ3n) is 3.44. The molecule has 0 N–H and O–H groups in total. The van der Waals surface area contributed by atoms with Crippen LogP contribution in [0.25, 0.3) is 34.1 Å². The summed E-state index contributed by atoms with van der Waals surface area (Å²) in [7, 11) is 0. The summed E-state index contributed by atoms with van der Waals surface area (Å²) in [6, 6.07) is 11.6. The Bertz CT molecular complexity index is 1050. The van der Waals surface area contributed by atoms with Crippen molar-refractivity contribution in [1.82, 2.24) is 10.2 Å². The fraction of sp³-hybridized carbons (Fsp3) is 0. The quantitative estimate of drug-likeness (QED) is 0.414. The maximum absolute atomic E-state index is 13.0. The highest BCUT2D eigenvalue weighted by molar-refractivity contribution is 5.83. The van der Waals surface area contributed by atoms with Crippen molar-refractivity contribution in [2.24, 2.45) is 0 Å². The molecule has 2 heterocycles. The molecule has 0 aliphatic carbocycles. The number of halogens is 1. The highest BCUT2D eigenvalue weighted by Gasteiger charge is 2.16. The first-order chi connectivity index (χ1) is 11.6. The number of furan rings is 1. The van der Waals surface area contributed by atoms with Crippen molar-refractivity contribution in [3.05, 3.63) is 64.5 Å². The second kappa shape index (κ2) is 5.27. The molecular weight excluding hydrogens is 317 g/mol. The number of aromatic nitrogens is 2. The SMILES string of the molecule is O=[N+]([O-])c1ccc2cc(-c3nnc(-c4ccc(F)cc4)o3)oc2c1. The van der Waals surface area contributed by atoms with Gasteiger partial charge in [-0.1, -0.05) is 0 Å². The van der Waals surface area contributed by atoms with E-state index in [2.05, 4.69) is 10.2 Å². The smallest absolute Gasteiger partial charge is 0.283 e. The summed E-state index contributed by atoms with van der Waals surface area (Å²) in [6.45, 7) is 0. The second-order valence-electron chi connectivity index (χ2n) is 5.01. The minimum atomic E-state index is -0.499. The molecule has 4 aromatic rings. The molecule has 0 atom stereocenters. The Kier molecular flexibility index (Phi) is 3.09. The number of benzene rings is 2. The molecule has 24 heavy (non-hydrogen) atoms. The van der Waals surface area contributed by atoms with Crippen molar-refractivity contribution >= 4 is 16.7 Å². The molecule has 0 fully saturated rings. The number of hydrogen-bond acceptors (Lipinski definition) is 6. The minimum absolute atomic E-state index is 0.0686. The van der Waals surface area contributed by atoms with Gasteiger partial charge in [0.2, 0.25) is 5.89 Å². The lowest BCUT2D eigenvalue weighted by Gasteiger charge is -1.93. The van der Waals surface area contributed by atoms with Gasteiger partial charge in [0, 0.05) is 17.0 Å². The standard InChI is InChI=1S/C16H8FN3O4/c17-11-4-1-9(2-5-11)15-18-19-16(24-15)14-7-10-3-6-12(20(21)22)8-13(10)23-14/h1-8H. The fourth-order valence-electron chi connectivity index (χ4n) is 2.27. The number of nitrogens with zero attached hydrogens (tertiary/aromatic N) is 3. The molecule has 118 valence electrons. The third-order valence-corrected chi connectivity index (χ3v) is 3.44. The van der Waals surface area contributed by atoms with E-state index < -0.39 is 4.92 Å². The van der Waals surface area contributed by atoms with Gasteiger partial charge in [0.1, 0.15) is 11.4 Å². The van der Waals surface area contributed by atoms with Gasteiger partial charge in [0.05, 0.1) is 11.0 Å². The molecule has 0 unspecified atom stereocenters. The lowest BCUT2D eigenvalue weighted by molar-refractivity contribution is -0.384. The van der Waals surface area contributed by atoms with E-state index in [9.17, 15) is 14.5 Å². The van der Waals surface area contributed by atoms with Crippen molar-refractivity contribution in [3.63, 3.8) is 0 Å². The zero-order valence-corrected chi connectivity index (χ0v) is 12.0. The summed E-state index contributed by atoms with van der Waals surface area (Å²) in [5, 5.41) is 19.3. The summed E-state index contributed by atoms with van der Waals surface area (Å²) in [6.07, 6.45) is 0. The zero-order valence-electron chi connectivity index (χ0n) is 12.0. The lowest BCUT2D eigenvalue weighted by atomic mass is 10.2. The van der Waals surface area contributed by atoms with Gasteiger partial charge in [0.25, 0.3) is 11.6 Å². The van der Waals surface area contributed by atoms with Gasteiger partial charge in [-0.2, -0.15) is 0 Å². The Hall–Kier alpha value is -3.55. The molecule has 2 aromatic carbocycles. The van der Waals surface area contributed by atoms with Crippen LogP contribution in [0.4, 0.5) is 10.1 Å². The summed E-state index contributed by atoms with van der Waals surface area (Å²) >= 11 is 0. The number of fused-ring (bicyclic) bond motifs is 1. The van der Waals surface area contributed by atoms with Gasteiger partial charge in [0.15, 0.2) is 5.76 Å². The van der Waals surface area contributed by atoms with Crippen LogP contribution in [-0.2, 0) is 0 Å². The molecule has 0 saturated carbocycles. The van der Waals surface area contributed by atoms with Crippen molar-refractivity contribution in [2.75, 3.05) is 0 Å². The summed E-state index contributed by atoms with van der Waals surface area (Å²) in [4.78, 5) is 10.3. The Morgan fingerprint density at radius 2 is 1.71 bits per heavy atom. The van der Waals surface area contributed by atoms with Crippen molar-refractivity contribution in [2.45, 2.75) is 0 Å². The van der Waals surface area contributed by atoms with E-state index in [1.54, 1.807) is 12.1 Å². The van der Waals surface area contributed by atoms with Crippen molar-refractivity contribution < 1.29 is 18.1 Å². The topological polar surface area (TPSA) is 95.2 Å². The largest absolute Gasteiger partial charge is 0.451 e. The number of nitro benzene ring substituents is 1. The van der Waals surface area contributed by atoms with Crippen LogP contribution in [0, 0.1) is 15.9 Å². The van der Waals surface area contributed by atoms with Crippen molar-refractivity contribution in [1.29, 1.82) is 0 Å². The Labute approximate surface area is 133 Å². The number of non-ortho nitro benzene ring substituents is 1. The third kappa shape index (κ3) is 2.39. The second-order valence-corrected chi connectivity index (χ2v) is 5.01. The van der Waals surface area contributed by atoms with E-state index in [-0.39, 0.29) is 23.3 Å².